The number of benzene rings is 2. The lowest BCUT2D eigenvalue weighted by molar-refractivity contribution is 0.0706. The monoisotopic (exact) mass is 301 g/mol. The quantitative estimate of drug-likeness (QED) is 0.577. The maximum atomic E-state index is 11.5. The van der Waals surface area contributed by atoms with Gasteiger partial charge in [0.2, 0.25) is 0 Å². The van der Waals surface area contributed by atoms with Gasteiger partial charge in [-0.05, 0) is 29.8 Å². The maximum absolute atomic E-state index is 11.5. The number of hydrogen-bond acceptors (Lipinski definition) is 3. The Bertz CT molecular complexity index is 796. The second kappa shape index (κ2) is 5.55. The molecule has 6 heteroatoms. The Hall–Kier alpha value is -2.37. The lowest BCUT2D eigenvalue weighted by atomic mass is 10.1. The number of rotatable bonds is 3. The molecule has 0 unspecified atom stereocenters. The summed E-state index contributed by atoms with van der Waals surface area (Å²) < 4.78 is 1.80. The Morgan fingerprint density at radius 3 is 2.71 bits per heavy atom. The molecule has 0 radical (unpaired) electrons. The van der Waals surface area contributed by atoms with Crippen molar-refractivity contribution in [1.82, 2.24) is 15.3 Å². The first kappa shape index (κ1) is 13.6. The topological polar surface area (TPSA) is 67.2 Å². The molecule has 3 aromatic rings. The second-order valence-corrected chi connectivity index (χ2v) is 5.08. The predicted octanol–water partition coefficient (Wildman–Crippen LogP) is 2.86. The minimum atomic E-state index is -0.545. The molecule has 0 bridgehead atoms. The van der Waals surface area contributed by atoms with E-state index in [1.54, 1.807) is 34.6 Å². The summed E-state index contributed by atoms with van der Waals surface area (Å²) in [5, 5.41) is 14.7. The standard InChI is InChI=1S/C15H12ClN3O2/c16-13-5-1-10(2-6-13)9-19-14-7-11(15(20)18-21)3-4-12(14)8-17-19/h1-8,21H,9H2,(H,18,20). The Balaban J connectivity index is 1.98. The zero-order valence-corrected chi connectivity index (χ0v) is 11.7. The number of hydroxylamine groups is 1. The maximum Gasteiger partial charge on any atom is 0.274 e. The first-order valence-corrected chi connectivity index (χ1v) is 6.69. The number of carbonyl (C=O) groups excluding carboxylic acids is 1. The van der Waals surface area contributed by atoms with Crippen LogP contribution in [0.1, 0.15) is 15.9 Å². The summed E-state index contributed by atoms with van der Waals surface area (Å²) >= 11 is 5.87. The van der Waals surface area contributed by atoms with E-state index in [1.165, 1.54) is 0 Å². The van der Waals surface area contributed by atoms with Crippen LogP contribution in [0.3, 0.4) is 0 Å². The van der Waals surface area contributed by atoms with Gasteiger partial charge < -0.3 is 0 Å². The normalized spacial score (nSPS) is 10.8. The molecule has 0 fully saturated rings. The molecule has 0 spiro atoms. The molecule has 1 aromatic heterocycles. The molecule has 0 aliphatic carbocycles. The van der Waals surface area contributed by atoms with Crippen LogP contribution in [0.25, 0.3) is 10.9 Å². The molecule has 0 atom stereocenters. The summed E-state index contributed by atoms with van der Waals surface area (Å²) in [5.41, 5.74) is 3.89. The van der Waals surface area contributed by atoms with Crippen LogP contribution < -0.4 is 5.48 Å². The third kappa shape index (κ3) is 2.74. The van der Waals surface area contributed by atoms with Gasteiger partial charge in [0.1, 0.15) is 0 Å². The van der Waals surface area contributed by atoms with E-state index < -0.39 is 5.91 Å². The van der Waals surface area contributed by atoms with Crippen molar-refractivity contribution in [2.45, 2.75) is 6.54 Å². The number of nitrogens with zero attached hydrogens (tertiary/aromatic N) is 2. The van der Waals surface area contributed by atoms with Crippen LogP contribution in [0, 0.1) is 0 Å². The van der Waals surface area contributed by atoms with Gasteiger partial charge in [-0.25, -0.2) is 5.48 Å². The predicted molar refractivity (Wildman–Crippen MR) is 79.5 cm³/mol. The molecule has 0 saturated carbocycles. The number of hydrogen-bond donors (Lipinski definition) is 2. The van der Waals surface area contributed by atoms with Crippen molar-refractivity contribution in [3.05, 3.63) is 64.8 Å². The summed E-state index contributed by atoms with van der Waals surface area (Å²) in [6.45, 7) is 0.574. The van der Waals surface area contributed by atoms with Crippen molar-refractivity contribution < 1.29 is 10.0 Å². The number of halogens is 1. The molecule has 3 rings (SSSR count). The summed E-state index contributed by atoms with van der Waals surface area (Å²) in [4.78, 5) is 11.5. The summed E-state index contributed by atoms with van der Waals surface area (Å²) in [6.07, 6.45) is 1.74. The van der Waals surface area contributed by atoms with E-state index >= 15 is 0 Å². The van der Waals surface area contributed by atoms with E-state index in [4.69, 9.17) is 16.8 Å². The van der Waals surface area contributed by atoms with E-state index in [-0.39, 0.29) is 0 Å². The molecule has 0 aliphatic heterocycles. The average Bonchev–Trinajstić information content (AvgIpc) is 2.91. The summed E-state index contributed by atoms with van der Waals surface area (Å²) in [7, 11) is 0. The van der Waals surface area contributed by atoms with E-state index in [0.717, 1.165) is 16.5 Å². The molecule has 2 aromatic carbocycles. The fraction of sp³-hybridized carbons (Fsp3) is 0.0667. The molecule has 21 heavy (non-hydrogen) atoms. The molecule has 1 amide bonds. The van der Waals surface area contributed by atoms with Crippen molar-refractivity contribution in [3.8, 4) is 0 Å². The van der Waals surface area contributed by atoms with Crippen molar-refractivity contribution in [2.24, 2.45) is 0 Å². The van der Waals surface area contributed by atoms with Gasteiger partial charge in [0, 0.05) is 16.0 Å². The van der Waals surface area contributed by atoms with Crippen LogP contribution in [0.4, 0.5) is 0 Å². The van der Waals surface area contributed by atoms with E-state index in [1.807, 2.05) is 24.3 Å². The Kier molecular flexibility index (Phi) is 3.60. The lowest BCUT2D eigenvalue weighted by Gasteiger charge is -2.05. The minimum Gasteiger partial charge on any atom is -0.288 e. The number of nitrogens with one attached hydrogen (secondary N) is 1. The van der Waals surface area contributed by atoms with Crippen molar-refractivity contribution in [2.75, 3.05) is 0 Å². The van der Waals surface area contributed by atoms with Crippen LogP contribution in [-0.4, -0.2) is 20.9 Å². The number of fused-ring (bicyclic) bond motifs is 1. The first-order chi connectivity index (χ1) is 10.2. The van der Waals surface area contributed by atoms with Crippen molar-refractivity contribution in [1.29, 1.82) is 0 Å². The van der Waals surface area contributed by atoms with Gasteiger partial charge in [-0.15, -0.1) is 0 Å². The highest BCUT2D eigenvalue weighted by Gasteiger charge is 2.09. The molecule has 5 nitrogen and oxygen atoms in total. The van der Waals surface area contributed by atoms with Gasteiger partial charge >= 0.3 is 0 Å². The Morgan fingerprint density at radius 1 is 1.24 bits per heavy atom. The smallest absolute Gasteiger partial charge is 0.274 e. The van der Waals surface area contributed by atoms with Crippen LogP contribution in [0.2, 0.25) is 5.02 Å². The highest BCUT2D eigenvalue weighted by Crippen LogP contribution is 2.18. The third-order valence-corrected chi connectivity index (χ3v) is 3.51. The molecule has 0 aliphatic rings. The number of aromatic nitrogens is 2. The van der Waals surface area contributed by atoms with Gasteiger partial charge in [0.25, 0.3) is 5.91 Å². The van der Waals surface area contributed by atoms with Gasteiger partial charge in [0.15, 0.2) is 0 Å². The summed E-state index contributed by atoms with van der Waals surface area (Å²) in [5.74, 6) is -0.545. The van der Waals surface area contributed by atoms with Crippen LogP contribution >= 0.6 is 11.6 Å². The fourth-order valence-electron chi connectivity index (χ4n) is 2.17. The van der Waals surface area contributed by atoms with Gasteiger partial charge in [-0.1, -0.05) is 29.8 Å². The van der Waals surface area contributed by atoms with Crippen molar-refractivity contribution >= 4 is 28.4 Å². The Labute approximate surface area is 125 Å². The third-order valence-electron chi connectivity index (χ3n) is 3.25. The highest BCUT2D eigenvalue weighted by molar-refractivity contribution is 6.30. The number of amides is 1. The zero-order chi connectivity index (χ0) is 14.8. The second-order valence-electron chi connectivity index (χ2n) is 4.64. The summed E-state index contributed by atoms with van der Waals surface area (Å²) in [6, 6.07) is 12.7. The molecule has 1 heterocycles. The average molecular weight is 302 g/mol. The van der Waals surface area contributed by atoms with Crippen molar-refractivity contribution in [3.63, 3.8) is 0 Å². The van der Waals surface area contributed by atoms with Gasteiger partial charge in [-0.3, -0.25) is 14.7 Å². The number of carbonyl (C=O) groups is 1. The van der Waals surface area contributed by atoms with Gasteiger partial charge in [0.05, 0.1) is 18.3 Å². The molecule has 2 N–H and O–H groups in total. The molecule has 0 saturated heterocycles. The minimum absolute atomic E-state index is 0.378. The zero-order valence-electron chi connectivity index (χ0n) is 11.0. The van der Waals surface area contributed by atoms with E-state index in [9.17, 15) is 4.79 Å². The van der Waals surface area contributed by atoms with E-state index in [2.05, 4.69) is 5.10 Å². The largest absolute Gasteiger partial charge is 0.288 e. The SMILES string of the molecule is O=C(NO)c1ccc2cnn(Cc3ccc(Cl)cc3)c2c1. The van der Waals surface area contributed by atoms with Crippen LogP contribution in [0.15, 0.2) is 48.7 Å². The van der Waals surface area contributed by atoms with Crippen LogP contribution in [-0.2, 0) is 6.54 Å². The lowest BCUT2D eigenvalue weighted by Crippen LogP contribution is -2.18. The molecular weight excluding hydrogens is 290 g/mol. The molecule has 106 valence electrons. The van der Waals surface area contributed by atoms with E-state index in [0.29, 0.717) is 17.1 Å². The van der Waals surface area contributed by atoms with Crippen LogP contribution in [0.5, 0.6) is 0 Å². The fourth-order valence-corrected chi connectivity index (χ4v) is 2.29. The van der Waals surface area contributed by atoms with Gasteiger partial charge in [-0.2, -0.15) is 5.10 Å². The Morgan fingerprint density at radius 2 is 2.00 bits per heavy atom. The highest BCUT2D eigenvalue weighted by atomic mass is 35.5. The molecular formula is C15H12ClN3O2. The first-order valence-electron chi connectivity index (χ1n) is 6.32.